The van der Waals surface area contributed by atoms with Gasteiger partial charge in [-0.2, -0.15) is 5.10 Å². The van der Waals surface area contributed by atoms with E-state index in [1.54, 1.807) is 40.8 Å². The summed E-state index contributed by atoms with van der Waals surface area (Å²) in [4.78, 5) is 17.2. The van der Waals surface area contributed by atoms with Crippen molar-refractivity contribution < 1.29 is 17.9 Å². The van der Waals surface area contributed by atoms with Gasteiger partial charge < -0.3 is 9.30 Å². The van der Waals surface area contributed by atoms with Crippen LogP contribution >= 0.6 is 0 Å². The summed E-state index contributed by atoms with van der Waals surface area (Å²) in [5.41, 5.74) is 1.81. The van der Waals surface area contributed by atoms with Crippen LogP contribution in [-0.4, -0.2) is 40.8 Å². The zero-order valence-corrected chi connectivity index (χ0v) is 19.8. The summed E-state index contributed by atoms with van der Waals surface area (Å²) in [5, 5.41) is 5.01. The van der Waals surface area contributed by atoms with Gasteiger partial charge in [0.2, 0.25) is 0 Å². The van der Waals surface area contributed by atoms with Crippen LogP contribution in [0.25, 0.3) is 16.7 Å². The van der Waals surface area contributed by atoms with E-state index in [0.717, 1.165) is 16.6 Å². The van der Waals surface area contributed by atoms with E-state index in [4.69, 9.17) is 4.74 Å². The van der Waals surface area contributed by atoms with E-state index in [1.807, 2.05) is 39.1 Å². The summed E-state index contributed by atoms with van der Waals surface area (Å²) in [7, 11) is -1.03. The number of methoxy groups -OCH3 is 1. The Bertz CT molecular complexity index is 1450. The number of pyridine rings is 1. The number of sulfonamides is 1. The molecule has 4 aromatic rings. The van der Waals surface area contributed by atoms with E-state index >= 15 is 0 Å². The van der Waals surface area contributed by atoms with Gasteiger partial charge in [0.25, 0.3) is 15.9 Å². The van der Waals surface area contributed by atoms with Gasteiger partial charge in [-0.25, -0.2) is 22.8 Å². The number of carbonyl (C=O) groups excluding carboxylic acids is 1. The number of benzene rings is 1. The first-order chi connectivity index (χ1) is 15.5. The second-order valence-corrected chi connectivity index (χ2v) is 10.3. The van der Waals surface area contributed by atoms with Crippen LogP contribution in [0.15, 0.2) is 59.9 Å². The lowest BCUT2D eigenvalue weighted by Crippen LogP contribution is -2.31. The molecule has 33 heavy (non-hydrogen) atoms. The van der Waals surface area contributed by atoms with Gasteiger partial charge in [0.05, 0.1) is 12.8 Å². The van der Waals surface area contributed by atoms with Gasteiger partial charge >= 0.3 is 0 Å². The van der Waals surface area contributed by atoms with Crippen LogP contribution in [0.5, 0.6) is 5.75 Å². The molecular formula is C23H25N5O4S. The monoisotopic (exact) mass is 467 g/mol. The topological polar surface area (TPSA) is 108 Å². The normalized spacial score (nSPS) is 12.2. The molecule has 1 N–H and O–H groups in total. The molecule has 0 unspecified atom stereocenters. The summed E-state index contributed by atoms with van der Waals surface area (Å²) in [6.07, 6.45) is 5.31. The maximum atomic E-state index is 13.1. The predicted octanol–water partition coefficient (Wildman–Crippen LogP) is 3.18. The van der Waals surface area contributed by atoms with Crippen LogP contribution in [0.4, 0.5) is 0 Å². The molecule has 3 heterocycles. The third-order valence-electron chi connectivity index (χ3n) is 5.33. The molecule has 1 amide bonds. The highest BCUT2D eigenvalue weighted by molar-refractivity contribution is 7.90. The highest BCUT2D eigenvalue weighted by atomic mass is 32.2. The first-order valence-corrected chi connectivity index (χ1v) is 11.7. The van der Waals surface area contributed by atoms with E-state index in [9.17, 15) is 13.2 Å². The van der Waals surface area contributed by atoms with E-state index in [-0.39, 0.29) is 21.8 Å². The fourth-order valence-electron chi connectivity index (χ4n) is 3.53. The Morgan fingerprint density at radius 2 is 1.91 bits per heavy atom. The molecule has 0 aliphatic heterocycles. The lowest BCUT2D eigenvalue weighted by Gasteiger charge is -2.21. The summed E-state index contributed by atoms with van der Waals surface area (Å²) >= 11 is 0. The highest BCUT2D eigenvalue weighted by Crippen LogP contribution is 2.31. The van der Waals surface area contributed by atoms with Crippen molar-refractivity contribution in [3.8, 4) is 11.4 Å². The van der Waals surface area contributed by atoms with Crippen molar-refractivity contribution in [1.29, 1.82) is 0 Å². The van der Waals surface area contributed by atoms with Gasteiger partial charge in [-0.3, -0.25) is 4.79 Å². The fourth-order valence-corrected chi connectivity index (χ4v) is 4.69. The van der Waals surface area contributed by atoms with Crippen molar-refractivity contribution >= 4 is 27.0 Å². The molecule has 0 saturated carbocycles. The third kappa shape index (κ3) is 4.21. The molecule has 10 heteroatoms. The van der Waals surface area contributed by atoms with E-state index in [2.05, 4.69) is 14.8 Å². The van der Waals surface area contributed by atoms with Crippen LogP contribution in [0, 0.1) is 0 Å². The second-order valence-electron chi connectivity index (χ2n) is 8.69. The molecule has 9 nitrogen and oxygen atoms in total. The Morgan fingerprint density at radius 3 is 2.55 bits per heavy atom. The zero-order valence-electron chi connectivity index (χ0n) is 19.0. The first-order valence-electron chi connectivity index (χ1n) is 10.2. The zero-order chi connectivity index (χ0) is 24.0. The van der Waals surface area contributed by atoms with Crippen LogP contribution in [0.1, 0.15) is 36.8 Å². The van der Waals surface area contributed by atoms with Gasteiger partial charge in [0.15, 0.2) is 0 Å². The quantitative estimate of drug-likeness (QED) is 0.483. The minimum absolute atomic E-state index is 0.0229. The number of nitrogens with one attached hydrogen (secondary N) is 1. The van der Waals surface area contributed by atoms with Crippen LogP contribution < -0.4 is 9.46 Å². The van der Waals surface area contributed by atoms with Gasteiger partial charge in [-0.15, -0.1) is 0 Å². The standard InChI is InChI=1S/C23H25N5O4S/c1-23(2,3)15-7-10-19(32-5)20(13-15)33(30,31)26-22(29)17-9-8-16-18(28-12-6-11-24-28)14-27(4)21(16)25-17/h6-14H,1-5H3,(H,26,29). The lowest BCUT2D eigenvalue weighted by molar-refractivity contribution is 0.0977. The number of aryl methyl sites for hydroxylation is 1. The predicted molar refractivity (Wildman–Crippen MR) is 124 cm³/mol. The molecule has 1 aromatic carbocycles. The van der Waals surface area contributed by atoms with E-state index in [1.165, 1.54) is 19.2 Å². The van der Waals surface area contributed by atoms with Crippen molar-refractivity contribution in [2.75, 3.05) is 7.11 Å². The molecule has 0 spiro atoms. The first kappa shape index (κ1) is 22.5. The van der Waals surface area contributed by atoms with Crippen LogP contribution in [0.2, 0.25) is 0 Å². The number of rotatable bonds is 5. The molecule has 172 valence electrons. The molecule has 0 fully saturated rings. The van der Waals surface area contributed by atoms with Crippen molar-refractivity contribution in [3.05, 3.63) is 66.2 Å². The van der Waals surface area contributed by atoms with Gasteiger partial charge in [0, 0.05) is 31.0 Å². The van der Waals surface area contributed by atoms with Crippen molar-refractivity contribution in [3.63, 3.8) is 0 Å². The van der Waals surface area contributed by atoms with E-state index < -0.39 is 15.9 Å². The van der Waals surface area contributed by atoms with Crippen LogP contribution in [0.3, 0.4) is 0 Å². The molecule has 0 aliphatic carbocycles. The Labute approximate surface area is 192 Å². The molecule has 3 aromatic heterocycles. The SMILES string of the molecule is COc1ccc(C(C)(C)C)cc1S(=O)(=O)NC(=O)c1ccc2c(-n3cccn3)cn(C)c2n1. The maximum absolute atomic E-state index is 13.1. The lowest BCUT2D eigenvalue weighted by atomic mass is 9.87. The van der Waals surface area contributed by atoms with Gasteiger partial charge in [0.1, 0.15) is 22.0 Å². The number of hydrogen-bond acceptors (Lipinski definition) is 6. The van der Waals surface area contributed by atoms with E-state index in [0.29, 0.717) is 5.65 Å². The molecule has 0 aliphatic rings. The average Bonchev–Trinajstić information content (AvgIpc) is 3.40. The summed E-state index contributed by atoms with van der Waals surface area (Å²) in [5.74, 6) is -0.681. The van der Waals surface area contributed by atoms with Crippen molar-refractivity contribution in [1.82, 2.24) is 24.1 Å². The Hall–Kier alpha value is -3.66. The molecule has 0 saturated heterocycles. The second kappa shape index (κ2) is 8.04. The molecule has 0 bridgehead atoms. The number of nitrogens with zero attached hydrogens (tertiary/aromatic N) is 4. The fraction of sp³-hybridized carbons (Fsp3) is 0.261. The number of aromatic nitrogens is 4. The Morgan fingerprint density at radius 1 is 1.15 bits per heavy atom. The Balaban J connectivity index is 1.69. The number of hydrogen-bond donors (Lipinski definition) is 1. The average molecular weight is 468 g/mol. The number of amides is 1. The summed E-state index contributed by atoms with van der Waals surface area (Å²) < 4.78 is 37.0. The van der Waals surface area contributed by atoms with Gasteiger partial charge in [-0.1, -0.05) is 26.8 Å². The largest absolute Gasteiger partial charge is 0.495 e. The molecular weight excluding hydrogens is 442 g/mol. The summed E-state index contributed by atoms with van der Waals surface area (Å²) in [6, 6.07) is 9.94. The minimum Gasteiger partial charge on any atom is -0.495 e. The smallest absolute Gasteiger partial charge is 0.283 e. The number of fused-ring (bicyclic) bond motifs is 1. The molecule has 0 radical (unpaired) electrons. The maximum Gasteiger partial charge on any atom is 0.283 e. The Kier molecular flexibility index (Phi) is 5.49. The van der Waals surface area contributed by atoms with Gasteiger partial charge in [-0.05, 0) is 41.3 Å². The minimum atomic E-state index is -4.21. The molecule has 0 atom stereocenters. The van der Waals surface area contributed by atoms with Crippen LogP contribution in [-0.2, 0) is 22.5 Å². The third-order valence-corrected chi connectivity index (χ3v) is 6.68. The number of ether oxygens (including phenoxy) is 1. The van der Waals surface area contributed by atoms with Crippen molar-refractivity contribution in [2.24, 2.45) is 7.05 Å². The highest BCUT2D eigenvalue weighted by Gasteiger charge is 2.26. The molecule has 4 rings (SSSR count). The summed E-state index contributed by atoms with van der Waals surface area (Å²) in [6.45, 7) is 5.92. The van der Waals surface area contributed by atoms with Crippen molar-refractivity contribution in [2.45, 2.75) is 31.1 Å². The number of carbonyl (C=O) groups is 1.